The van der Waals surface area contributed by atoms with Gasteiger partial charge in [0.15, 0.2) is 5.78 Å². The van der Waals surface area contributed by atoms with Gasteiger partial charge in [0.05, 0.1) is 12.7 Å². The standard InChI is InChI=1S/C16H14O4/c1-20-15-9-5-2-6-11(15)10-14(17)12-7-3-4-8-13(12)16(18)19/h2-9H,10H2,1H3,(H,18,19). The quantitative estimate of drug-likeness (QED) is 0.848. The van der Waals surface area contributed by atoms with E-state index in [0.29, 0.717) is 5.75 Å². The summed E-state index contributed by atoms with van der Waals surface area (Å²) in [5.41, 5.74) is 0.971. The summed E-state index contributed by atoms with van der Waals surface area (Å²) in [7, 11) is 1.54. The van der Waals surface area contributed by atoms with E-state index in [4.69, 9.17) is 9.84 Å². The molecule has 0 fully saturated rings. The third kappa shape index (κ3) is 2.85. The van der Waals surface area contributed by atoms with Crippen molar-refractivity contribution in [2.45, 2.75) is 6.42 Å². The van der Waals surface area contributed by atoms with E-state index < -0.39 is 5.97 Å². The van der Waals surface area contributed by atoms with Gasteiger partial charge in [0.25, 0.3) is 0 Å². The van der Waals surface area contributed by atoms with Crippen LogP contribution in [0.5, 0.6) is 5.75 Å². The number of ketones is 1. The highest BCUT2D eigenvalue weighted by molar-refractivity contribution is 6.06. The van der Waals surface area contributed by atoms with Crippen molar-refractivity contribution in [1.29, 1.82) is 0 Å². The molecule has 20 heavy (non-hydrogen) atoms. The second kappa shape index (κ2) is 6.02. The Morgan fingerprint density at radius 3 is 2.25 bits per heavy atom. The van der Waals surface area contributed by atoms with Gasteiger partial charge in [-0.25, -0.2) is 4.79 Å². The van der Waals surface area contributed by atoms with Gasteiger partial charge in [-0.15, -0.1) is 0 Å². The zero-order valence-electron chi connectivity index (χ0n) is 11.0. The second-order valence-corrected chi connectivity index (χ2v) is 4.26. The van der Waals surface area contributed by atoms with E-state index in [-0.39, 0.29) is 23.3 Å². The lowest BCUT2D eigenvalue weighted by Crippen LogP contribution is -2.11. The molecule has 0 aliphatic rings. The van der Waals surface area contributed by atoms with Crippen molar-refractivity contribution in [3.8, 4) is 5.75 Å². The van der Waals surface area contributed by atoms with Crippen molar-refractivity contribution < 1.29 is 19.4 Å². The minimum absolute atomic E-state index is 0.0207. The van der Waals surface area contributed by atoms with Gasteiger partial charge in [-0.05, 0) is 12.1 Å². The minimum atomic E-state index is -1.10. The number of hydrogen-bond donors (Lipinski definition) is 1. The maximum Gasteiger partial charge on any atom is 0.336 e. The molecule has 2 rings (SSSR count). The predicted molar refractivity (Wildman–Crippen MR) is 74.4 cm³/mol. The number of carboxylic acids is 1. The smallest absolute Gasteiger partial charge is 0.336 e. The largest absolute Gasteiger partial charge is 0.496 e. The van der Waals surface area contributed by atoms with Crippen LogP contribution in [0.15, 0.2) is 48.5 Å². The lowest BCUT2D eigenvalue weighted by molar-refractivity contribution is 0.0692. The molecule has 0 spiro atoms. The maximum atomic E-state index is 12.3. The number of benzene rings is 2. The Kier molecular flexibility index (Phi) is 4.15. The first-order valence-corrected chi connectivity index (χ1v) is 6.11. The highest BCUT2D eigenvalue weighted by atomic mass is 16.5. The third-order valence-electron chi connectivity index (χ3n) is 3.00. The van der Waals surface area contributed by atoms with Gasteiger partial charge in [-0.1, -0.05) is 36.4 Å². The Morgan fingerprint density at radius 2 is 1.60 bits per heavy atom. The van der Waals surface area contributed by atoms with Gasteiger partial charge < -0.3 is 9.84 Å². The fourth-order valence-electron chi connectivity index (χ4n) is 2.03. The summed E-state index contributed by atoms with van der Waals surface area (Å²) < 4.78 is 5.19. The van der Waals surface area contributed by atoms with Crippen LogP contribution < -0.4 is 4.74 Å². The van der Waals surface area contributed by atoms with Crippen LogP contribution in [-0.4, -0.2) is 24.0 Å². The molecule has 0 atom stereocenters. The van der Waals surface area contributed by atoms with Crippen LogP contribution in [-0.2, 0) is 6.42 Å². The third-order valence-corrected chi connectivity index (χ3v) is 3.00. The van der Waals surface area contributed by atoms with Crippen LogP contribution in [0.4, 0.5) is 0 Å². The Labute approximate surface area is 116 Å². The van der Waals surface area contributed by atoms with Gasteiger partial charge in [-0.3, -0.25) is 4.79 Å². The van der Waals surface area contributed by atoms with E-state index >= 15 is 0 Å². The highest BCUT2D eigenvalue weighted by Gasteiger charge is 2.17. The van der Waals surface area contributed by atoms with Gasteiger partial charge in [0.2, 0.25) is 0 Å². The molecule has 0 aliphatic heterocycles. The first kappa shape index (κ1) is 13.8. The Bertz CT molecular complexity index is 646. The number of Topliss-reactive ketones (excluding diaryl/α,β-unsaturated/α-hetero) is 1. The van der Waals surface area contributed by atoms with Gasteiger partial charge in [0, 0.05) is 17.5 Å². The lowest BCUT2D eigenvalue weighted by atomic mass is 9.98. The first-order chi connectivity index (χ1) is 9.63. The Balaban J connectivity index is 2.31. The van der Waals surface area contributed by atoms with Crippen LogP contribution in [0, 0.1) is 0 Å². The maximum absolute atomic E-state index is 12.3. The molecule has 0 aliphatic carbocycles. The van der Waals surface area contributed by atoms with E-state index in [1.807, 2.05) is 12.1 Å². The Hall–Kier alpha value is -2.62. The second-order valence-electron chi connectivity index (χ2n) is 4.26. The molecule has 1 N–H and O–H groups in total. The number of rotatable bonds is 5. The average Bonchev–Trinajstić information content (AvgIpc) is 2.47. The zero-order chi connectivity index (χ0) is 14.5. The van der Waals surface area contributed by atoms with Crippen LogP contribution in [0.1, 0.15) is 26.3 Å². The fourth-order valence-corrected chi connectivity index (χ4v) is 2.03. The molecule has 102 valence electrons. The minimum Gasteiger partial charge on any atom is -0.496 e. The summed E-state index contributed by atoms with van der Waals surface area (Å²) >= 11 is 0. The predicted octanol–water partition coefficient (Wildman–Crippen LogP) is 2.82. The monoisotopic (exact) mass is 270 g/mol. The molecule has 0 radical (unpaired) electrons. The molecule has 2 aromatic carbocycles. The van der Waals surface area contributed by atoms with E-state index in [9.17, 15) is 9.59 Å². The van der Waals surface area contributed by atoms with Crippen molar-refractivity contribution in [1.82, 2.24) is 0 Å². The van der Waals surface area contributed by atoms with E-state index in [1.54, 1.807) is 24.3 Å². The van der Waals surface area contributed by atoms with E-state index in [1.165, 1.54) is 19.2 Å². The summed E-state index contributed by atoms with van der Waals surface area (Å²) in [5.74, 6) is -0.727. The lowest BCUT2D eigenvalue weighted by Gasteiger charge is -2.08. The zero-order valence-corrected chi connectivity index (χ0v) is 11.0. The van der Waals surface area contributed by atoms with Crippen molar-refractivity contribution in [3.05, 3.63) is 65.2 Å². The van der Waals surface area contributed by atoms with E-state index in [2.05, 4.69) is 0 Å². The number of ether oxygens (including phenoxy) is 1. The molecule has 0 aromatic heterocycles. The SMILES string of the molecule is COc1ccccc1CC(=O)c1ccccc1C(=O)O. The molecule has 4 nitrogen and oxygen atoms in total. The van der Waals surface area contributed by atoms with Crippen molar-refractivity contribution in [3.63, 3.8) is 0 Å². The number of para-hydroxylation sites is 1. The van der Waals surface area contributed by atoms with Gasteiger partial charge >= 0.3 is 5.97 Å². The molecule has 0 unspecified atom stereocenters. The van der Waals surface area contributed by atoms with Crippen molar-refractivity contribution in [2.24, 2.45) is 0 Å². The summed E-state index contributed by atoms with van der Waals surface area (Å²) in [6.45, 7) is 0. The van der Waals surface area contributed by atoms with Crippen molar-refractivity contribution in [2.75, 3.05) is 7.11 Å². The number of aromatic carboxylic acids is 1. The van der Waals surface area contributed by atoms with Crippen LogP contribution in [0.2, 0.25) is 0 Å². The van der Waals surface area contributed by atoms with Gasteiger partial charge in [-0.2, -0.15) is 0 Å². The van der Waals surface area contributed by atoms with Crippen LogP contribution >= 0.6 is 0 Å². The summed E-state index contributed by atoms with van der Waals surface area (Å²) in [6, 6.07) is 13.4. The first-order valence-electron chi connectivity index (χ1n) is 6.11. The molecule has 0 amide bonds. The highest BCUT2D eigenvalue weighted by Crippen LogP contribution is 2.20. The molecule has 0 saturated heterocycles. The normalized spacial score (nSPS) is 10.1. The van der Waals surface area contributed by atoms with E-state index in [0.717, 1.165) is 5.56 Å². The Morgan fingerprint density at radius 1 is 1.00 bits per heavy atom. The number of carboxylic acid groups (broad SMARTS) is 1. The number of carbonyl (C=O) groups is 2. The summed E-state index contributed by atoms with van der Waals surface area (Å²) in [5, 5.41) is 9.10. The molecule has 2 aromatic rings. The molecule has 0 saturated carbocycles. The van der Waals surface area contributed by atoms with Crippen LogP contribution in [0.25, 0.3) is 0 Å². The number of hydrogen-bond acceptors (Lipinski definition) is 3. The summed E-state index contributed by atoms with van der Waals surface area (Å²) in [6.07, 6.45) is 0.105. The van der Waals surface area contributed by atoms with Crippen molar-refractivity contribution >= 4 is 11.8 Å². The molecule has 4 heteroatoms. The van der Waals surface area contributed by atoms with Crippen LogP contribution in [0.3, 0.4) is 0 Å². The number of carbonyl (C=O) groups excluding carboxylic acids is 1. The molecule has 0 bridgehead atoms. The molecular formula is C16H14O4. The summed E-state index contributed by atoms with van der Waals surface area (Å²) in [4.78, 5) is 23.4. The fraction of sp³-hybridized carbons (Fsp3) is 0.125. The average molecular weight is 270 g/mol. The number of methoxy groups -OCH3 is 1. The topological polar surface area (TPSA) is 63.6 Å². The molecule has 0 heterocycles. The molecular weight excluding hydrogens is 256 g/mol. The van der Waals surface area contributed by atoms with Gasteiger partial charge in [0.1, 0.15) is 5.75 Å².